The first-order chi connectivity index (χ1) is 14.1. The summed E-state index contributed by atoms with van der Waals surface area (Å²) in [6, 6.07) is 15.4. The summed E-state index contributed by atoms with van der Waals surface area (Å²) in [6.45, 7) is 3.81. The highest BCUT2D eigenvalue weighted by Crippen LogP contribution is 2.35. The van der Waals surface area contributed by atoms with Gasteiger partial charge in [-0.05, 0) is 43.9 Å². The maximum absolute atomic E-state index is 13.2. The van der Waals surface area contributed by atoms with Crippen LogP contribution in [0.15, 0.2) is 53.3 Å². The lowest BCUT2D eigenvalue weighted by molar-refractivity contribution is 0.414. The van der Waals surface area contributed by atoms with Crippen LogP contribution >= 0.6 is 0 Å². The molecule has 6 nitrogen and oxygen atoms in total. The Hall–Kier alpha value is -3.28. The first-order valence-electron chi connectivity index (χ1n) is 9.98. The molecule has 0 atom stereocenters. The van der Waals surface area contributed by atoms with Crippen LogP contribution in [-0.4, -0.2) is 30.0 Å². The van der Waals surface area contributed by atoms with E-state index < -0.39 is 0 Å². The Kier molecular flexibility index (Phi) is 5.25. The van der Waals surface area contributed by atoms with Gasteiger partial charge in [0.1, 0.15) is 17.1 Å². The minimum atomic E-state index is -0.309. The van der Waals surface area contributed by atoms with Crippen LogP contribution < -0.4 is 20.9 Å². The van der Waals surface area contributed by atoms with E-state index in [1.807, 2.05) is 49.4 Å². The van der Waals surface area contributed by atoms with Crippen molar-refractivity contribution in [1.82, 2.24) is 9.78 Å². The molecule has 3 aromatic rings. The molecule has 2 aromatic carbocycles. The van der Waals surface area contributed by atoms with Crippen molar-refractivity contribution in [1.29, 1.82) is 0 Å². The van der Waals surface area contributed by atoms with E-state index in [9.17, 15) is 4.79 Å². The summed E-state index contributed by atoms with van der Waals surface area (Å²) in [4.78, 5) is 15.4. The van der Waals surface area contributed by atoms with Crippen molar-refractivity contribution < 1.29 is 4.74 Å². The highest BCUT2D eigenvalue weighted by Gasteiger charge is 2.24. The minimum Gasteiger partial charge on any atom is -0.497 e. The molecule has 29 heavy (non-hydrogen) atoms. The number of nitrogens with zero attached hydrogens (tertiary/aromatic N) is 3. The van der Waals surface area contributed by atoms with Crippen molar-refractivity contribution in [2.75, 3.05) is 30.8 Å². The molecule has 0 aliphatic carbocycles. The molecule has 0 bridgehead atoms. The minimum absolute atomic E-state index is 0.239. The number of benzene rings is 2. The standard InChI is InChI=1S/C23H26N4O2/c1-16-9-4-5-12-19(16)21-22(26-13-6-3-7-14-26)20(24)23(28)27(25-21)17-10-8-11-18(15-17)29-2/h4-5,8-12,15H,3,6-7,13-14,24H2,1-2H3. The summed E-state index contributed by atoms with van der Waals surface area (Å²) in [5.74, 6) is 0.660. The third-order valence-corrected chi connectivity index (χ3v) is 5.47. The van der Waals surface area contributed by atoms with Gasteiger partial charge in [-0.3, -0.25) is 4.79 Å². The molecule has 1 saturated heterocycles. The molecule has 0 saturated carbocycles. The van der Waals surface area contributed by atoms with Crippen LogP contribution in [0.3, 0.4) is 0 Å². The van der Waals surface area contributed by atoms with Gasteiger partial charge in [0.15, 0.2) is 0 Å². The third kappa shape index (κ3) is 3.58. The molecular weight excluding hydrogens is 364 g/mol. The topological polar surface area (TPSA) is 73.4 Å². The van der Waals surface area contributed by atoms with Gasteiger partial charge in [0.2, 0.25) is 0 Å². The number of nitrogens with two attached hydrogens (primary N) is 1. The summed E-state index contributed by atoms with van der Waals surface area (Å²) in [5.41, 5.74) is 10.6. The second-order valence-electron chi connectivity index (χ2n) is 7.39. The molecule has 0 amide bonds. The van der Waals surface area contributed by atoms with E-state index in [1.165, 1.54) is 11.1 Å². The van der Waals surface area contributed by atoms with Crippen molar-refractivity contribution in [2.45, 2.75) is 26.2 Å². The highest BCUT2D eigenvalue weighted by molar-refractivity contribution is 5.85. The maximum Gasteiger partial charge on any atom is 0.296 e. The normalized spacial score (nSPS) is 14.1. The summed E-state index contributed by atoms with van der Waals surface area (Å²) in [6.07, 6.45) is 3.38. The van der Waals surface area contributed by atoms with Crippen LogP contribution in [-0.2, 0) is 0 Å². The second kappa shape index (κ2) is 7.99. The SMILES string of the molecule is COc1cccc(-n2nc(-c3ccccc3C)c(N3CCCCC3)c(N)c2=O)c1. The fraction of sp³-hybridized carbons (Fsp3) is 0.304. The Bertz CT molecular complexity index is 1080. The third-order valence-electron chi connectivity index (χ3n) is 5.47. The van der Waals surface area contributed by atoms with Gasteiger partial charge in [0.05, 0.1) is 18.5 Å². The Morgan fingerprint density at radius 2 is 1.79 bits per heavy atom. The second-order valence-corrected chi connectivity index (χ2v) is 7.39. The average Bonchev–Trinajstić information content (AvgIpc) is 2.76. The predicted molar refractivity (Wildman–Crippen MR) is 117 cm³/mol. The van der Waals surface area contributed by atoms with E-state index in [1.54, 1.807) is 13.2 Å². The lowest BCUT2D eigenvalue weighted by Crippen LogP contribution is -2.35. The molecule has 1 aliphatic heterocycles. The van der Waals surface area contributed by atoms with Gasteiger partial charge < -0.3 is 15.4 Å². The maximum atomic E-state index is 13.2. The monoisotopic (exact) mass is 390 g/mol. The van der Waals surface area contributed by atoms with E-state index in [4.69, 9.17) is 15.6 Å². The lowest BCUT2D eigenvalue weighted by atomic mass is 10.0. The molecule has 1 aromatic heterocycles. The Morgan fingerprint density at radius 3 is 2.52 bits per heavy atom. The zero-order valence-corrected chi connectivity index (χ0v) is 16.9. The first-order valence-corrected chi connectivity index (χ1v) is 9.98. The van der Waals surface area contributed by atoms with Crippen LogP contribution in [0.5, 0.6) is 5.75 Å². The van der Waals surface area contributed by atoms with Gasteiger partial charge in [-0.25, -0.2) is 0 Å². The van der Waals surface area contributed by atoms with Crippen molar-refractivity contribution in [3.8, 4) is 22.7 Å². The molecule has 4 rings (SSSR count). The van der Waals surface area contributed by atoms with Gasteiger partial charge in [-0.2, -0.15) is 9.78 Å². The molecule has 1 fully saturated rings. The molecule has 2 N–H and O–H groups in total. The summed E-state index contributed by atoms with van der Waals surface area (Å²) in [7, 11) is 1.60. The van der Waals surface area contributed by atoms with Gasteiger partial charge in [0.25, 0.3) is 5.56 Å². The van der Waals surface area contributed by atoms with E-state index >= 15 is 0 Å². The quantitative estimate of drug-likeness (QED) is 0.734. The number of hydrogen-bond acceptors (Lipinski definition) is 5. The molecule has 150 valence electrons. The number of nitrogen functional groups attached to an aromatic ring is 1. The van der Waals surface area contributed by atoms with Crippen molar-refractivity contribution in [3.63, 3.8) is 0 Å². The van der Waals surface area contributed by atoms with E-state index in [2.05, 4.69) is 4.90 Å². The molecule has 0 spiro atoms. The van der Waals surface area contributed by atoms with E-state index in [0.29, 0.717) is 11.4 Å². The van der Waals surface area contributed by atoms with Gasteiger partial charge in [0, 0.05) is 24.7 Å². The predicted octanol–water partition coefficient (Wildman–Crippen LogP) is 3.79. The smallest absolute Gasteiger partial charge is 0.296 e. The molecule has 1 aliphatic rings. The van der Waals surface area contributed by atoms with Crippen LogP contribution in [0, 0.1) is 6.92 Å². The summed E-state index contributed by atoms with van der Waals surface area (Å²) in [5, 5.41) is 4.81. The zero-order chi connectivity index (χ0) is 20.4. The zero-order valence-electron chi connectivity index (χ0n) is 16.9. The molecule has 2 heterocycles. The number of anilines is 2. The Labute approximate surface area is 170 Å². The summed E-state index contributed by atoms with van der Waals surface area (Å²) >= 11 is 0. The number of piperidine rings is 1. The van der Waals surface area contributed by atoms with Crippen LogP contribution in [0.4, 0.5) is 11.4 Å². The molecule has 0 radical (unpaired) electrons. The lowest BCUT2D eigenvalue weighted by Gasteiger charge is -2.31. The number of rotatable bonds is 4. The van der Waals surface area contributed by atoms with Gasteiger partial charge in [-0.15, -0.1) is 0 Å². The first kappa shape index (κ1) is 19.1. The highest BCUT2D eigenvalue weighted by atomic mass is 16.5. The number of aromatic nitrogens is 2. The van der Waals surface area contributed by atoms with Crippen molar-refractivity contribution in [3.05, 3.63) is 64.4 Å². The largest absolute Gasteiger partial charge is 0.497 e. The Morgan fingerprint density at radius 1 is 1.03 bits per heavy atom. The van der Waals surface area contributed by atoms with Crippen molar-refractivity contribution >= 4 is 11.4 Å². The number of methoxy groups -OCH3 is 1. The van der Waals surface area contributed by atoms with E-state index in [0.717, 1.165) is 48.4 Å². The van der Waals surface area contributed by atoms with Gasteiger partial charge in [-0.1, -0.05) is 30.3 Å². The molecular formula is C23H26N4O2. The fourth-order valence-electron chi connectivity index (χ4n) is 3.91. The van der Waals surface area contributed by atoms with E-state index in [-0.39, 0.29) is 11.2 Å². The number of hydrogen-bond donors (Lipinski definition) is 1. The molecule has 6 heteroatoms. The van der Waals surface area contributed by atoms with Crippen LogP contribution in [0.25, 0.3) is 16.9 Å². The van der Waals surface area contributed by atoms with Gasteiger partial charge >= 0.3 is 0 Å². The Balaban J connectivity index is 1.98. The summed E-state index contributed by atoms with van der Waals surface area (Å²) < 4.78 is 6.70. The number of ether oxygens (including phenoxy) is 1. The number of aryl methyl sites for hydroxylation is 1. The van der Waals surface area contributed by atoms with Crippen LogP contribution in [0.1, 0.15) is 24.8 Å². The molecule has 0 unspecified atom stereocenters. The average molecular weight is 390 g/mol. The van der Waals surface area contributed by atoms with Crippen LogP contribution in [0.2, 0.25) is 0 Å². The van der Waals surface area contributed by atoms with Crippen molar-refractivity contribution in [2.24, 2.45) is 0 Å². The fourth-order valence-corrected chi connectivity index (χ4v) is 3.91.